The molecule has 3 N–H and O–H groups in total. The molecule has 3 aromatic rings. The molecule has 0 aliphatic rings. The third-order valence-corrected chi connectivity index (χ3v) is 4.79. The Balaban J connectivity index is 1.80. The summed E-state index contributed by atoms with van der Waals surface area (Å²) in [6.07, 6.45) is 0. The highest BCUT2D eigenvalue weighted by atomic mass is 127. The van der Waals surface area contributed by atoms with E-state index >= 15 is 0 Å². The first-order valence-corrected chi connectivity index (χ1v) is 9.09. The van der Waals surface area contributed by atoms with Crippen molar-refractivity contribution in [3.05, 3.63) is 75.0 Å². The van der Waals surface area contributed by atoms with E-state index in [1.807, 2.05) is 50.2 Å². The third-order valence-electron chi connectivity index (χ3n) is 3.90. The number of nitrogens with two attached hydrogens (primary N) is 1. The summed E-state index contributed by atoms with van der Waals surface area (Å²) in [5.74, 6) is 1.32. The average Bonchev–Trinajstić information content (AvgIpc) is 2.60. The molecular formula is C20H18IN3O2. The number of pyridine rings is 1. The minimum atomic E-state index is -0.301. The lowest BCUT2D eigenvalue weighted by Gasteiger charge is -2.11. The van der Waals surface area contributed by atoms with Crippen LogP contribution in [0, 0.1) is 17.4 Å². The summed E-state index contributed by atoms with van der Waals surface area (Å²) in [7, 11) is 0. The molecule has 0 aliphatic heterocycles. The van der Waals surface area contributed by atoms with Gasteiger partial charge in [0.05, 0.1) is 9.13 Å². The van der Waals surface area contributed by atoms with Crippen molar-refractivity contribution in [2.24, 2.45) is 0 Å². The fraction of sp³-hybridized carbons (Fsp3) is 0.100. The Labute approximate surface area is 165 Å². The van der Waals surface area contributed by atoms with Gasteiger partial charge in [0.25, 0.3) is 5.91 Å². The molecule has 0 aliphatic carbocycles. The number of carbonyl (C=O) groups is 1. The van der Waals surface area contributed by atoms with Gasteiger partial charge in [-0.25, -0.2) is 4.98 Å². The molecule has 1 aromatic heterocycles. The van der Waals surface area contributed by atoms with Crippen molar-refractivity contribution in [1.29, 1.82) is 0 Å². The first-order valence-electron chi connectivity index (χ1n) is 8.01. The number of anilines is 2. The van der Waals surface area contributed by atoms with Crippen molar-refractivity contribution in [2.45, 2.75) is 13.8 Å². The molecule has 0 saturated heterocycles. The van der Waals surface area contributed by atoms with Crippen molar-refractivity contribution in [2.75, 3.05) is 11.1 Å². The van der Waals surface area contributed by atoms with Gasteiger partial charge in [-0.1, -0.05) is 18.2 Å². The van der Waals surface area contributed by atoms with Crippen molar-refractivity contribution in [3.8, 4) is 11.5 Å². The number of para-hydroxylation sites is 1. The third kappa shape index (κ3) is 4.13. The van der Waals surface area contributed by atoms with Gasteiger partial charge in [-0.3, -0.25) is 4.79 Å². The molecule has 1 amide bonds. The molecule has 0 bridgehead atoms. The maximum absolute atomic E-state index is 12.5. The first kappa shape index (κ1) is 18.2. The number of amides is 1. The predicted octanol–water partition coefficient (Wildman–Crippen LogP) is 4.93. The molecule has 0 atom stereocenters. The van der Waals surface area contributed by atoms with Crippen LogP contribution in [0.4, 0.5) is 11.5 Å². The molecule has 5 nitrogen and oxygen atoms in total. The lowest BCUT2D eigenvalue weighted by Crippen LogP contribution is -2.15. The molecule has 3 rings (SSSR count). The monoisotopic (exact) mass is 459 g/mol. The molecule has 0 fully saturated rings. The number of carbonyl (C=O) groups excluding carboxylic acids is 1. The lowest BCUT2D eigenvalue weighted by atomic mass is 10.1. The Morgan fingerprint density at radius 2 is 1.88 bits per heavy atom. The normalized spacial score (nSPS) is 10.4. The maximum Gasteiger partial charge on any atom is 0.259 e. The van der Waals surface area contributed by atoms with Crippen LogP contribution in [0.1, 0.15) is 21.6 Å². The van der Waals surface area contributed by atoms with Crippen LogP contribution in [-0.4, -0.2) is 10.9 Å². The lowest BCUT2D eigenvalue weighted by molar-refractivity contribution is 0.102. The van der Waals surface area contributed by atoms with E-state index in [9.17, 15) is 4.79 Å². The second-order valence-electron chi connectivity index (χ2n) is 5.84. The molecule has 1 heterocycles. The highest BCUT2D eigenvalue weighted by Crippen LogP contribution is 2.28. The molecule has 6 heteroatoms. The number of aromatic nitrogens is 1. The van der Waals surface area contributed by atoms with Gasteiger partial charge in [-0.05, 0) is 72.3 Å². The van der Waals surface area contributed by atoms with E-state index in [4.69, 9.17) is 10.5 Å². The van der Waals surface area contributed by atoms with Crippen molar-refractivity contribution in [3.63, 3.8) is 0 Å². The standard InChI is InChI=1S/C20H18IN3O2/c1-12-10-16(19(22)23-13(12)2)20(25)24-14-6-5-7-15(11-14)26-18-9-4-3-8-17(18)21/h3-11H,1-2H3,(H2,22,23)(H,24,25). The van der Waals surface area contributed by atoms with Crippen molar-refractivity contribution in [1.82, 2.24) is 4.98 Å². The van der Waals surface area contributed by atoms with Crippen LogP contribution in [0.25, 0.3) is 0 Å². The fourth-order valence-corrected chi connectivity index (χ4v) is 2.89. The van der Waals surface area contributed by atoms with Crippen molar-refractivity contribution < 1.29 is 9.53 Å². The summed E-state index contributed by atoms with van der Waals surface area (Å²) in [5, 5.41) is 2.85. The van der Waals surface area contributed by atoms with E-state index in [0.717, 1.165) is 20.6 Å². The number of nitrogen functional groups attached to an aromatic ring is 1. The zero-order chi connectivity index (χ0) is 18.7. The highest BCUT2D eigenvalue weighted by Gasteiger charge is 2.13. The molecule has 26 heavy (non-hydrogen) atoms. The first-order chi connectivity index (χ1) is 12.4. The number of benzene rings is 2. The van der Waals surface area contributed by atoms with Crippen LogP contribution < -0.4 is 15.8 Å². The predicted molar refractivity (Wildman–Crippen MR) is 112 cm³/mol. The topological polar surface area (TPSA) is 77.2 Å². The van der Waals surface area contributed by atoms with E-state index in [2.05, 4.69) is 32.9 Å². The zero-order valence-corrected chi connectivity index (χ0v) is 16.6. The van der Waals surface area contributed by atoms with Crippen LogP contribution >= 0.6 is 22.6 Å². The molecule has 0 spiro atoms. The van der Waals surface area contributed by atoms with Gasteiger partial charge in [-0.15, -0.1) is 0 Å². The summed E-state index contributed by atoms with van der Waals surface area (Å²) in [4.78, 5) is 16.8. The summed E-state index contributed by atoms with van der Waals surface area (Å²) < 4.78 is 6.91. The van der Waals surface area contributed by atoms with E-state index in [1.165, 1.54) is 0 Å². The number of hydrogen-bond acceptors (Lipinski definition) is 4. The van der Waals surface area contributed by atoms with Gasteiger partial charge in [0, 0.05) is 17.4 Å². The van der Waals surface area contributed by atoms with Gasteiger partial charge < -0.3 is 15.8 Å². The summed E-state index contributed by atoms with van der Waals surface area (Å²) in [5.41, 5.74) is 8.60. The van der Waals surface area contributed by atoms with E-state index in [-0.39, 0.29) is 11.7 Å². The van der Waals surface area contributed by atoms with Gasteiger partial charge >= 0.3 is 0 Å². The SMILES string of the molecule is Cc1cc(C(=O)Nc2cccc(Oc3ccccc3I)c2)c(N)nc1C. The molecule has 0 saturated carbocycles. The second-order valence-corrected chi connectivity index (χ2v) is 7.00. The Kier molecular flexibility index (Phi) is 5.41. The highest BCUT2D eigenvalue weighted by molar-refractivity contribution is 14.1. The average molecular weight is 459 g/mol. The zero-order valence-electron chi connectivity index (χ0n) is 14.4. The minimum Gasteiger partial charge on any atom is -0.456 e. The second kappa shape index (κ2) is 7.74. The Hall–Kier alpha value is -2.61. The van der Waals surface area contributed by atoms with Crippen LogP contribution in [-0.2, 0) is 0 Å². The minimum absolute atomic E-state index is 0.219. The molecular weight excluding hydrogens is 441 g/mol. The summed E-state index contributed by atoms with van der Waals surface area (Å²) in [6, 6.07) is 16.7. The summed E-state index contributed by atoms with van der Waals surface area (Å²) >= 11 is 2.22. The number of halogens is 1. The van der Waals surface area contributed by atoms with Gasteiger partial charge in [-0.2, -0.15) is 0 Å². The molecule has 0 unspecified atom stereocenters. The number of rotatable bonds is 4. The van der Waals surface area contributed by atoms with Gasteiger partial charge in [0.15, 0.2) is 0 Å². The Bertz CT molecular complexity index is 973. The quantitative estimate of drug-likeness (QED) is 0.543. The van der Waals surface area contributed by atoms with E-state index in [1.54, 1.807) is 18.2 Å². The van der Waals surface area contributed by atoms with Gasteiger partial charge in [0.2, 0.25) is 0 Å². The molecule has 0 radical (unpaired) electrons. The summed E-state index contributed by atoms with van der Waals surface area (Å²) in [6.45, 7) is 3.76. The Morgan fingerprint density at radius 1 is 1.12 bits per heavy atom. The Morgan fingerprint density at radius 3 is 2.65 bits per heavy atom. The number of ether oxygens (including phenoxy) is 1. The molecule has 132 valence electrons. The maximum atomic E-state index is 12.5. The number of nitrogens with one attached hydrogen (secondary N) is 1. The molecule has 2 aromatic carbocycles. The number of aryl methyl sites for hydroxylation is 2. The van der Waals surface area contributed by atoms with Crippen LogP contribution in [0.3, 0.4) is 0 Å². The van der Waals surface area contributed by atoms with Crippen LogP contribution in [0.5, 0.6) is 11.5 Å². The number of nitrogens with zero attached hydrogens (tertiary/aromatic N) is 1. The van der Waals surface area contributed by atoms with Gasteiger partial charge in [0.1, 0.15) is 17.3 Å². The van der Waals surface area contributed by atoms with Crippen molar-refractivity contribution >= 4 is 40.0 Å². The van der Waals surface area contributed by atoms with E-state index in [0.29, 0.717) is 17.0 Å². The van der Waals surface area contributed by atoms with Crippen LogP contribution in [0.2, 0.25) is 0 Å². The van der Waals surface area contributed by atoms with E-state index < -0.39 is 0 Å². The smallest absolute Gasteiger partial charge is 0.259 e. The fourth-order valence-electron chi connectivity index (χ4n) is 2.40. The number of hydrogen-bond donors (Lipinski definition) is 2. The van der Waals surface area contributed by atoms with Crippen LogP contribution in [0.15, 0.2) is 54.6 Å². The largest absolute Gasteiger partial charge is 0.456 e.